The van der Waals surface area contributed by atoms with Crippen molar-refractivity contribution in [3.05, 3.63) is 50.6 Å². The van der Waals surface area contributed by atoms with Crippen molar-refractivity contribution in [1.29, 1.82) is 0 Å². The number of hydrogen-bond acceptors (Lipinski definition) is 5. The minimum absolute atomic E-state index is 0.126. The van der Waals surface area contributed by atoms with Gasteiger partial charge in [-0.15, -0.1) is 0 Å². The summed E-state index contributed by atoms with van der Waals surface area (Å²) in [4.78, 5) is 11.7. The van der Waals surface area contributed by atoms with Gasteiger partial charge in [0.05, 0.1) is 6.21 Å². The van der Waals surface area contributed by atoms with Crippen molar-refractivity contribution >= 4 is 18.4 Å². The molecule has 0 aliphatic heterocycles. The molecule has 0 bridgehead atoms. The molecule has 18 heavy (non-hydrogen) atoms. The summed E-state index contributed by atoms with van der Waals surface area (Å²) in [5.41, 5.74) is 0.656. The van der Waals surface area contributed by atoms with Gasteiger partial charge in [-0.25, -0.2) is 0 Å². The van der Waals surface area contributed by atoms with E-state index in [4.69, 9.17) is 17.3 Å². The Bertz CT molecular complexity index is 700. The molecule has 0 spiro atoms. The molecule has 0 amide bonds. The maximum Gasteiger partial charge on any atom is 0.296 e. The predicted molar refractivity (Wildman–Crippen MR) is 69.5 cm³/mol. The number of phenols is 1. The molecule has 0 saturated heterocycles. The van der Waals surface area contributed by atoms with Gasteiger partial charge in [0, 0.05) is 0 Å². The first-order valence-electron chi connectivity index (χ1n) is 5.09. The second kappa shape index (κ2) is 4.92. The van der Waals surface area contributed by atoms with Crippen LogP contribution in [0.1, 0.15) is 11.3 Å². The lowest BCUT2D eigenvalue weighted by Gasteiger charge is -1.99. The second-order valence-corrected chi connectivity index (χ2v) is 3.95. The first-order chi connectivity index (χ1) is 8.58. The van der Waals surface area contributed by atoms with E-state index in [0.717, 1.165) is 10.2 Å². The van der Waals surface area contributed by atoms with Crippen LogP contribution in [0.4, 0.5) is 0 Å². The third-order valence-corrected chi connectivity index (χ3v) is 2.49. The van der Waals surface area contributed by atoms with Crippen LogP contribution in [0.3, 0.4) is 0 Å². The average Bonchev–Trinajstić information content (AvgIpc) is 2.36. The van der Waals surface area contributed by atoms with Crippen molar-refractivity contribution in [2.75, 3.05) is 0 Å². The summed E-state index contributed by atoms with van der Waals surface area (Å²) in [6.07, 6.45) is 1.48. The van der Waals surface area contributed by atoms with Gasteiger partial charge in [0.1, 0.15) is 11.4 Å². The molecule has 1 aromatic carbocycles. The van der Waals surface area contributed by atoms with E-state index in [9.17, 15) is 4.79 Å². The third kappa shape index (κ3) is 2.51. The highest BCUT2D eigenvalue weighted by Gasteiger charge is 2.00. The first kappa shape index (κ1) is 12.2. The van der Waals surface area contributed by atoms with E-state index in [1.807, 2.05) is 0 Å². The Labute approximate surface area is 107 Å². The predicted octanol–water partition coefficient (Wildman–Crippen LogP) is 1.20. The summed E-state index contributed by atoms with van der Waals surface area (Å²) in [5.74, 6) is 0.168. The van der Waals surface area contributed by atoms with Gasteiger partial charge in [-0.05, 0) is 49.0 Å². The van der Waals surface area contributed by atoms with Crippen LogP contribution >= 0.6 is 12.2 Å². The van der Waals surface area contributed by atoms with Crippen molar-refractivity contribution in [2.24, 2.45) is 5.10 Å². The zero-order valence-corrected chi connectivity index (χ0v) is 10.3. The molecule has 92 valence electrons. The Balaban J connectivity index is 2.41. The number of H-pyrrole nitrogens is 1. The number of aromatic nitrogens is 3. The van der Waals surface area contributed by atoms with E-state index in [0.29, 0.717) is 0 Å². The molecule has 2 aromatic rings. The molecule has 1 aromatic heterocycles. The fourth-order valence-electron chi connectivity index (χ4n) is 1.26. The number of aromatic hydroxyl groups is 1. The molecular weight excluding hydrogens is 252 g/mol. The van der Waals surface area contributed by atoms with Crippen LogP contribution in [0.2, 0.25) is 0 Å². The lowest BCUT2D eigenvalue weighted by atomic mass is 10.2. The Morgan fingerprint density at radius 1 is 1.44 bits per heavy atom. The fourth-order valence-corrected chi connectivity index (χ4v) is 1.44. The number of aromatic amines is 1. The summed E-state index contributed by atoms with van der Waals surface area (Å²) in [7, 11) is 0. The maximum atomic E-state index is 11.7. The smallest absolute Gasteiger partial charge is 0.296 e. The minimum atomic E-state index is -0.367. The number of rotatable bonds is 2. The van der Waals surface area contributed by atoms with Crippen molar-refractivity contribution in [3.63, 3.8) is 0 Å². The SMILES string of the molecule is Cc1n[nH]c(=S)n(/N=C\c2ccc(O)cc2)c1=O. The van der Waals surface area contributed by atoms with E-state index >= 15 is 0 Å². The van der Waals surface area contributed by atoms with Gasteiger partial charge in [-0.3, -0.25) is 9.89 Å². The minimum Gasteiger partial charge on any atom is -0.508 e. The van der Waals surface area contributed by atoms with Crippen molar-refractivity contribution in [1.82, 2.24) is 14.9 Å². The molecule has 0 saturated carbocycles. The van der Waals surface area contributed by atoms with Crippen LogP contribution in [0, 0.1) is 11.7 Å². The summed E-state index contributed by atoms with van der Waals surface area (Å²) in [5, 5.41) is 19.4. The summed E-state index contributed by atoms with van der Waals surface area (Å²) in [6.45, 7) is 1.57. The summed E-state index contributed by atoms with van der Waals surface area (Å²) >= 11 is 4.93. The molecule has 2 N–H and O–H groups in total. The summed E-state index contributed by atoms with van der Waals surface area (Å²) < 4.78 is 1.19. The molecule has 6 nitrogen and oxygen atoms in total. The Kier molecular flexibility index (Phi) is 3.33. The Morgan fingerprint density at radius 2 is 2.11 bits per heavy atom. The van der Waals surface area contributed by atoms with Gasteiger partial charge in [-0.1, -0.05) is 0 Å². The second-order valence-electron chi connectivity index (χ2n) is 3.57. The molecular formula is C11H10N4O2S. The van der Waals surface area contributed by atoms with Crippen LogP contribution < -0.4 is 5.56 Å². The van der Waals surface area contributed by atoms with Crippen molar-refractivity contribution < 1.29 is 5.11 Å². The molecule has 0 atom stereocenters. The zero-order chi connectivity index (χ0) is 13.1. The van der Waals surface area contributed by atoms with E-state index in [1.54, 1.807) is 19.1 Å². The first-order valence-corrected chi connectivity index (χ1v) is 5.50. The highest BCUT2D eigenvalue weighted by Crippen LogP contribution is 2.07. The van der Waals surface area contributed by atoms with E-state index in [1.165, 1.54) is 18.3 Å². The molecule has 0 aliphatic carbocycles. The van der Waals surface area contributed by atoms with E-state index in [2.05, 4.69) is 15.3 Å². The average molecular weight is 262 g/mol. The highest BCUT2D eigenvalue weighted by molar-refractivity contribution is 7.71. The van der Waals surface area contributed by atoms with Gasteiger partial charge in [0.2, 0.25) is 4.77 Å². The van der Waals surface area contributed by atoms with Gasteiger partial charge >= 0.3 is 0 Å². The molecule has 0 unspecified atom stereocenters. The number of nitrogens with one attached hydrogen (secondary N) is 1. The standard InChI is InChI=1S/C11H10N4O2S/c1-7-10(17)15(11(18)14-13-7)12-6-8-2-4-9(16)5-3-8/h2-6,16H,1H3,(H,14,18)/b12-6-. The highest BCUT2D eigenvalue weighted by atomic mass is 32.1. The number of nitrogens with zero attached hydrogens (tertiary/aromatic N) is 3. The van der Waals surface area contributed by atoms with Crippen LogP contribution in [0.15, 0.2) is 34.2 Å². The Morgan fingerprint density at radius 3 is 2.78 bits per heavy atom. The van der Waals surface area contributed by atoms with Gasteiger partial charge < -0.3 is 5.11 Å². The topological polar surface area (TPSA) is 83.3 Å². The molecule has 2 rings (SSSR count). The van der Waals surface area contributed by atoms with E-state index < -0.39 is 0 Å². The van der Waals surface area contributed by atoms with E-state index in [-0.39, 0.29) is 21.8 Å². The molecule has 1 heterocycles. The van der Waals surface area contributed by atoms with Crippen molar-refractivity contribution in [3.8, 4) is 5.75 Å². The lowest BCUT2D eigenvalue weighted by molar-refractivity contribution is 0.475. The number of aryl methyl sites for hydroxylation is 1. The van der Waals surface area contributed by atoms with Crippen LogP contribution in [0.5, 0.6) is 5.75 Å². The van der Waals surface area contributed by atoms with Gasteiger partial charge in [0.25, 0.3) is 5.56 Å². The van der Waals surface area contributed by atoms with Crippen LogP contribution in [-0.4, -0.2) is 26.2 Å². The normalized spacial score (nSPS) is 10.9. The molecule has 7 heteroatoms. The molecule has 0 aliphatic rings. The molecule has 0 radical (unpaired) electrons. The van der Waals surface area contributed by atoms with Gasteiger partial charge in [-0.2, -0.15) is 14.9 Å². The van der Waals surface area contributed by atoms with Gasteiger partial charge in [0.15, 0.2) is 0 Å². The molecule has 0 fully saturated rings. The van der Waals surface area contributed by atoms with Crippen molar-refractivity contribution in [2.45, 2.75) is 6.92 Å². The summed E-state index contributed by atoms with van der Waals surface area (Å²) in [6, 6.07) is 6.40. The monoisotopic (exact) mass is 262 g/mol. The number of hydrogen-bond donors (Lipinski definition) is 2. The van der Waals surface area contributed by atoms with Crippen LogP contribution in [-0.2, 0) is 0 Å². The van der Waals surface area contributed by atoms with Crippen LogP contribution in [0.25, 0.3) is 0 Å². The zero-order valence-electron chi connectivity index (χ0n) is 9.49. The fraction of sp³-hybridized carbons (Fsp3) is 0.0909. The number of benzene rings is 1. The Hall–Kier alpha value is -2.28. The third-order valence-electron chi connectivity index (χ3n) is 2.23. The quantitative estimate of drug-likeness (QED) is 0.629. The maximum absolute atomic E-state index is 11.7. The largest absolute Gasteiger partial charge is 0.508 e. The lowest BCUT2D eigenvalue weighted by Crippen LogP contribution is -2.22. The number of phenolic OH excluding ortho intramolecular Hbond substituents is 1.